The van der Waals surface area contributed by atoms with Gasteiger partial charge >= 0.3 is 0 Å². The molecule has 3 aromatic heterocycles. The smallest absolute Gasteiger partial charge is 0.243 e. The van der Waals surface area contributed by atoms with E-state index >= 15 is 0 Å². The van der Waals surface area contributed by atoms with E-state index < -0.39 is 15.8 Å². The van der Waals surface area contributed by atoms with Crippen molar-refractivity contribution < 1.29 is 12.8 Å². The highest BCUT2D eigenvalue weighted by molar-refractivity contribution is 7.89. The van der Waals surface area contributed by atoms with Crippen LogP contribution in [-0.4, -0.2) is 68.2 Å². The zero-order valence-electron chi connectivity index (χ0n) is 17.6. The second kappa shape index (κ2) is 7.64. The number of imidazole rings is 1. The third-order valence-electron chi connectivity index (χ3n) is 5.59. The summed E-state index contributed by atoms with van der Waals surface area (Å²) in [6.07, 6.45) is 5.12. The van der Waals surface area contributed by atoms with Gasteiger partial charge in [-0.1, -0.05) is 0 Å². The minimum atomic E-state index is -3.68. The maximum atomic E-state index is 13.2. The van der Waals surface area contributed by atoms with E-state index in [4.69, 9.17) is 4.98 Å². The molecule has 4 heterocycles. The predicted octanol–water partition coefficient (Wildman–Crippen LogP) is 1.41. The van der Waals surface area contributed by atoms with E-state index in [1.54, 1.807) is 10.9 Å². The standard InChI is InChI=1S/C20H21FN8O2S/c1-26-12-14(11-24-26)18-25-17-19(27(18)2)22-13-23-20(17)28-7-9-29(10-8-28)32(30,31)16-5-3-15(21)4-6-16/h3-6,11-13H,7-10H2,1-2H3. The lowest BCUT2D eigenvalue weighted by molar-refractivity contribution is 0.384. The summed E-state index contributed by atoms with van der Waals surface area (Å²) in [6, 6.07) is 4.89. The van der Waals surface area contributed by atoms with Crippen LogP contribution < -0.4 is 4.90 Å². The Balaban J connectivity index is 1.41. The molecule has 0 spiro atoms. The molecule has 5 rings (SSSR count). The number of piperazine rings is 1. The molecule has 1 aromatic carbocycles. The molecular weight excluding hydrogens is 435 g/mol. The number of rotatable bonds is 4. The fraction of sp³-hybridized carbons (Fsp3) is 0.300. The molecule has 1 aliphatic rings. The minimum Gasteiger partial charge on any atom is -0.352 e. The van der Waals surface area contributed by atoms with E-state index in [9.17, 15) is 12.8 Å². The second-order valence-electron chi connectivity index (χ2n) is 7.61. The van der Waals surface area contributed by atoms with Crippen molar-refractivity contribution in [3.63, 3.8) is 0 Å². The van der Waals surface area contributed by atoms with Crippen molar-refractivity contribution in [1.29, 1.82) is 0 Å². The number of sulfonamides is 1. The first-order valence-corrected chi connectivity index (χ1v) is 11.5. The zero-order valence-corrected chi connectivity index (χ0v) is 18.4. The van der Waals surface area contributed by atoms with Crippen LogP contribution in [0.5, 0.6) is 0 Å². The third-order valence-corrected chi connectivity index (χ3v) is 7.50. The van der Waals surface area contributed by atoms with Gasteiger partial charge in [-0.25, -0.2) is 27.8 Å². The Hall–Kier alpha value is -3.38. The van der Waals surface area contributed by atoms with Crippen LogP contribution in [0.4, 0.5) is 10.2 Å². The molecule has 1 saturated heterocycles. The van der Waals surface area contributed by atoms with Crippen molar-refractivity contribution in [3.05, 3.63) is 48.8 Å². The molecule has 0 bridgehead atoms. The number of nitrogens with zero attached hydrogens (tertiary/aromatic N) is 8. The van der Waals surface area contributed by atoms with Gasteiger partial charge in [0.15, 0.2) is 17.0 Å². The molecule has 166 valence electrons. The summed E-state index contributed by atoms with van der Waals surface area (Å²) < 4.78 is 44.0. The van der Waals surface area contributed by atoms with Crippen molar-refractivity contribution >= 4 is 27.0 Å². The number of hydrogen-bond acceptors (Lipinski definition) is 7. The lowest BCUT2D eigenvalue weighted by atomic mass is 10.3. The largest absolute Gasteiger partial charge is 0.352 e. The molecule has 0 amide bonds. The van der Waals surface area contributed by atoms with Crippen LogP contribution in [0.1, 0.15) is 0 Å². The summed E-state index contributed by atoms with van der Waals surface area (Å²) in [5.74, 6) is 0.925. The van der Waals surface area contributed by atoms with Crippen LogP contribution >= 0.6 is 0 Å². The van der Waals surface area contributed by atoms with E-state index in [2.05, 4.69) is 15.1 Å². The van der Waals surface area contributed by atoms with Crippen LogP contribution in [0.3, 0.4) is 0 Å². The number of benzene rings is 1. The van der Waals surface area contributed by atoms with Crippen molar-refractivity contribution in [2.24, 2.45) is 14.1 Å². The average Bonchev–Trinajstić information content (AvgIpc) is 3.37. The highest BCUT2D eigenvalue weighted by Gasteiger charge is 2.30. The Kier molecular flexibility index (Phi) is 4.90. The maximum absolute atomic E-state index is 13.2. The van der Waals surface area contributed by atoms with Gasteiger partial charge in [0.05, 0.1) is 16.7 Å². The first kappa shape index (κ1) is 20.5. The van der Waals surface area contributed by atoms with Gasteiger partial charge in [0.2, 0.25) is 10.0 Å². The van der Waals surface area contributed by atoms with Crippen molar-refractivity contribution in [3.8, 4) is 11.4 Å². The second-order valence-corrected chi connectivity index (χ2v) is 9.55. The van der Waals surface area contributed by atoms with Crippen LogP contribution in [0.2, 0.25) is 0 Å². The SMILES string of the molecule is Cn1cc(-c2nc3c(N4CCN(S(=O)(=O)c5ccc(F)cc5)CC4)ncnc3n2C)cn1. The Bertz CT molecular complexity index is 1390. The molecule has 0 unspecified atom stereocenters. The summed E-state index contributed by atoms with van der Waals surface area (Å²) in [7, 11) is 0.0497. The highest BCUT2D eigenvalue weighted by Crippen LogP contribution is 2.28. The number of fused-ring (bicyclic) bond motifs is 1. The van der Waals surface area contributed by atoms with E-state index in [0.29, 0.717) is 30.1 Å². The van der Waals surface area contributed by atoms with Gasteiger partial charge in [-0.15, -0.1) is 0 Å². The van der Waals surface area contributed by atoms with Crippen LogP contribution in [-0.2, 0) is 24.1 Å². The van der Waals surface area contributed by atoms with Gasteiger partial charge in [-0.3, -0.25) is 4.68 Å². The Morgan fingerprint density at radius 1 is 1.00 bits per heavy atom. The van der Waals surface area contributed by atoms with E-state index in [-0.39, 0.29) is 18.0 Å². The third kappa shape index (κ3) is 3.41. The number of aromatic nitrogens is 6. The first-order chi connectivity index (χ1) is 15.3. The van der Waals surface area contributed by atoms with Crippen molar-refractivity contribution in [1.82, 2.24) is 33.6 Å². The number of halogens is 1. The number of aryl methyl sites for hydroxylation is 2. The zero-order chi connectivity index (χ0) is 22.5. The summed E-state index contributed by atoms with van der Waals surface area (Å²) in [4.78, 5) is 15.7. The molecule has 0 saturated carbocycles. The molecule has 0 radical (unpaired) electrons. The first-order valence-electron chi connectivity index (χ1n) is 10.0. The maximum Gasteiger partial charge on any atom is 0.243 e. The number of hydrogen-bond donors (Lipinski definition) is 0. The molecule has 1 aliphatic heterocycles. The van der Waals surface area contributed by atoms with Gasteiger partial charge < -0.3 is 9.47 Å². The molecular formula is C20H21FN8O2S. The molecule has 4 aromatic rings. The Morgan fingerprint density at radius 2 is 1.72 bits per heavy atom. The lowest BCUT2D eigenvalue weighted by Gasteiger charge is -2.34. The highest BCUT2D eigenvalue weighted by atomic mass is 32.2. The van der Waals surface area contributed by atoms with E-state index in [1.165, 1.54) is 22.8 Å². The van der Waals surface area contributed by atoms with Crippen molar-refractivity contribution in [2.45, 2.75) is 4.90 Å². The molecule has 32 heavy (non-hydrogen) atoms. The Labute approximate surface area is 184 Å². The predicted molar refractivity (Wildman–Crippen MR) is 116 cm³/mol. The van der Waals surface area contributed by atoms with Crippen LogP contribution in [0.15, 0.2) is 47.9 Å². The van der Waals surface area contributed by atoms with Crippen LogP contribution in [0.25, 0.3) is 22.6 Å². The molecule has 1 fully saturated rings. The van der Waals surface area contributed by atoms with Gasteiger partial charge in [-0.05, 0) is 24.3 Å². The van der Waals surface area contributed by atoms with E-state index in [0.717, 1.165) is 23.5 Å². The lowest BCUT2D eigenvalue weighted by Crippen LogP contribution is -2.49. The minimum absolute atomic E-state index is 0.0858. The summed E-state index contributed by atoms with van der Waals surface area (Å²) >= 11 is 0. The molecule has 12 heteroatoms. The molecule has 10 nitrogen and oxygen atoms in total. The van der Waals surface area contributed by atoms with Crippen molar-refractivity contribution in [2.75, 3.05) is 31.1 Å². The fourth-order valence-corrected chi connectivity index (χ4v) is 5.33. The molecule has 0 N–H and O–H groups in total. The van der Waals surface area contributed by atoms with Gasteiger partial charge in [0.25, 0.3) is 0 Å². The summed E-state index contributed by atoms with van der Waals surface area (Å²) in [5, 5.41) is 4.21. The monoisotopic (exact) mass is 456 g/mol. The topological polar surface area (TPSA) is 102 Å². The van der Waals surface area contributed by atoms with Gasteiger partial charge in [0.1, 0.15) is 18.0 Å². The quantitative estimate of drug-likeness (QED) is 0.458. The van der Waals surface area contributed by atoms with Gasteiger partial charge in [0, 0.05) is 46.5 Å². The summed E-state index contributed by atoms with van der Waals surface area (Å²) in [5.41, 5.74) is 2.22. The van der Waals surface area contributed by atoms with E-state index in [1.807, 2.05) is 29.8 Å². The Morgan fingerprint density at radius 3 is 2.38 bits per heavy atom. The average molecular weight is 457 g/mol. The fourth-order valence-electron chi connectivity index (χ4n) is 3.91. The normalized spacial score (nSPS) is 15.5. The van der Waals surface area contributed by atoms with Crippen LogP contribution in [0, 0.1) is 5.82 Å². The summed E-state index contributed by atoms with van der Waals surface area (Å²) in [6.45, 7) is 1.47. The number of anilines is 1. The van der Waals surface area contributed by atoms with Gasteiger partial charge in [-0.2, -0.15) is 9.40 Å². The molecule has 0 aliphatic carbocycles. The molecule has 0 atom stereocenters.